The van der Waals surface area contributed by atoms with Crippen LogP contribution < -0.4 is 5.56 Å². The van der Waals surface area contributed by atoms with E-state index < -0.39 is 5.97 Å². The van der Waals surface area contributed by atoms with Crippen LogP contribution in [0, 0.1) is 13.8 Å². The van der Waals surface area contributed by atoms with Crippen molar-refractivity contribution in [2.45, 2.75) is 27.0 Å². The minimum Gasteiger partial charge on any atom is -0.454 e. The Morgan fingerprint density at radius 1 is 1.13 bits per heavy atom. The van der Waals surface area contributed by atoms with Gasteiger partial charge in [0, 0.05) is 5.02 Å². The number of fused-ring (bicyclic) bond motifs is 1. The number of carbonyl (C=O) groups excluding carboxylic acids is 1. The predicted octanol–water partition coefficient (Wildman–Crippen LogP) is 4.45. The molecule has 31 heavy (non-hydrogen) atoms. The van der Waals surface area contributed by atoms with Crippen molar-refractivity contribution < 1.29 is 9.53 Å². The summed E-state index contributed by atoms with van der Waals surface area (Å²) in [6.45, 7) is 3.64. The molecule has 0 aliphatic rings. The summed E-state index contributed by atoms with van der Waals surface area (Å²) in [4.78, 5) is 32.1. The average molecular weight is 457 g/mol. The monoisotopic (exact) mass is 456 g/mol. The van der Waals surface area contributed by atoms with Crippen LogP contribution in [0.3, 0.4) is 0 Å². The Morgan fingerprint density at radius 3 is 2.68 bits per heavy atom. The van der Waals surface area contributed by atoms with Crippen molar-refractivity contribution in [3.8, 4) is 0 Å². The van der Waals surface area contributed by atoms with Crippen LogP contribution in [0.5, 0.6) is 0 Å². The molecule has 2 aromatic carbocycles. The zero-order valence-corrected chi connectivity index (χ0v) is 18.3. The number of ether oxygens (including phenoxy) is 1. The third-order valence-electron chi connectivity index (χ3n) is 4.87. The third kappa shape index (κ3) is 4.19. The number of aromatic nitrogens is 4. The molecule has 0 unspecified atom stereocenters. The van der Waals surface area contributed by atoms with E-state index in [1.54, 1.807) is 25.1 Å². The van der Waals surface area contributed by atoms with Crippen molar-refractivity contribution in [1.82, 2.24) is 19.7 Å². The Labute approximate surface area is 187 Å². The molecule has 0 aliphatic carbocycles. The molecule has 158 valence electrons. The second kappa shape index (κ2) is 8.53. The Balaban J connectivity index is 1.55. The van der Waals surface area contributed by atoms with Gasteiger partial charge in [-0.15, -0.1) is 0 Å². The summed E-state index contributed by atoms with van der Waals surface area (Å²) >= 11 is 12.6. The first kappa shape index (κ1) is 21.1. The fraction of sp³-hybridized carbons (Fsp3) is 0.182. The molecule has 0 atom stereocenters. The van der Waals surface area contributed by atoms with E-state index in [9.17, 15) is 9.59 Å². The van der Waals surface area contributed by atoms with E-state index in [0.717, 1.165) is 11.1 Å². The topological polar surface area (TPSA) is 89.9 Å². The van der Waals surface area contributed by atoms with Gasteiger partial charge in [0.05, 0.1) is 23.1 Å². The molecule has 7 nitrogen and oxygen atoms in total. The predicted molar refractivity (Wildman–Crippen MR) is 119 cm³/mol. The maximum Gasteiger partial charge on any atom is 0.343 e. The quantitative estimate of drug-likeness (QED) is 0.448. The summed E-state index contributed by atoms with van der Waals surface area (Å²) in [5.41, 5.74) is 2.55. The normalized spacial score (nSPS) is 11.1. The van der Waals surface area contributed by atoms with Crippen LogP contribution in [0.2, 0.25) is 10.2 Å². The van der Waals surface area contributed by atoms with Gasteiger partial charge in [0.2, 0.25) is 0 Å². The van der Waals surface area contributed by atoms with E-state index in [1.807, 2.05) is 31.2 Å². The highest BCUT2D eigenvalue weighted by atomic mass is 35.5. The maximum atomic E-state index is 12.7. The number of rotatable bonds is 5. The van der Waals surface area contributed by atoms with E-state index in [2.05, 4.69) is 15.1 Å². The summed E-state index contributed by atoms with van der Waals surface area (Å²) in [5.74, 6) is -0.405. The highest BCUT2D eigenvalue weighted by Gasteiger charge is 2.22. The van der Waals surface area contributed by atoms with Crippen molar-refractivity contribution in [2.75, 3.05) is 0 Å². The fourth-order valence-electron chi connectivity index (χ4n) is 3.30. The number of esters is 1. The number of H-pyrrole nitrogens is 1. The number of nitrogens with zero attached hydrogens (tertiary/aromatic N) is 3. The summed E-state index contributed by atoms with van der Waals surface area (Å²) in [5, 5.41) is 5.55. The minimum atomic E-state index is -0.652. The zero-order valence-electron chi connectivity index (χ0n) is 16.8. The van der Waals surface area contributed by atoms with Gasteiger partial charge in [-0.25, -0.2) is 14.5 Å². The maximum absolute atomic E-state index is 12.7. The molecule has 2 aromatic heterocycles. The van der Waals surface area contributed by atoms with Crippen LogP contribution in [0.1, 0.15) is 33.0 Å². The van der Waals surface area contributed by atoms with Gasteiger partial charge in [-0.2, -0.15) is 5.10 Å². The van der Waals surface area contributed by atoms with Gasteiger partial charge in [0.15, 0.2) is 0 Å². The Bertz CT molecular complexity index is 1360. The Morgan fingerprint density at radius 2 is 1.90 bits per heavy atom. The lowest BCUT2D eigenvalue weighted by atomic mass is 10.1. The molecule has 2 heterocycles. The molecule has 0 bridgehead atoms. The van der Waals surface area contributed by atoms with Crippen LogP contribution >= 0.6 is 23.2 Å². The van der Waals surface area contributed by atoms with Crippen LogP contribution in [0.25, 0.3) is 10.9 Å². The molecule has 0 aliphatic heterocycles. The smallest absolute Gasteiger partial charge is 0.343 e. The first-order chi connectivity index (χ1) is 14.8. The summed E-state index contributed by atoms with van der Waals surface area (Å²) < 4.78 is 6.87. The van der Waals surface area contributed by atoms with Gasteiger partial charge in [0.25, 0.3) is 5.56 Å². The number of carbonyl (C=O) groups is 1. The van der Waals surface area contributed by atoms with Gasteiger partial charge < -0.3 is 9.72 Å². The van der Waals surface area contributed by atoms with E-state index in [-0.39, 0.29) is 28.7 Å². The van der Waals surface area contributed by atoms with E-state index >= 15 is 0 Å². The Hall–Kier alpha value is -3.16. The van der Waals surface area contributed by atoms with E-state index in [0.29, 0.717) is 28.2 Å². The number of aromatic amines is 1. The molecule has 0 saturated carbocycles. The molecule has 4 rings (SSSR count). The lowest BCUT2D eigenvalue weighted by Gasteiger charge is -2.07. The van der Waals surface area contributed by atoms with Crippen molar-refractivity contribution in [3.05, 3.63) is 91.2 Å². The van der Waals surface area contributed by atoms with Gasteiger partial charge in [0.1, 0.15) is 23.1 Å². The number of aryl methyl sites for hydroxylation is 2. The standard InChI is InChI=1S/C22H18Cl2N4O3/c1-12-6-5-8-15-19(12)25-17(26-21(15)29)11-31-22(30)18-13(2)27-28(20(18)24)10-14-7-3-4-9-16(14)23/h3-9H,10-11H2,1-2H3,(H,25,26,29). The molecule has 0 fully saturated rings. The lowest BCUT2D eigenvalue weighted by molar-refractivity contribution is 0.0461. The number of halogens is 2. The molecule has 9 heteroatoms. The highest BCUT2D eigenvalue weighted by Crippen LogP contribution is 2.24. The summed E-state index contributed by atoms with van der Waals surface area (Å²) in [7, 11) is 0. The SMILES string of the molecule is Cc1nn(Cc2ccccc2Cl)c(Cl)c1C(=O)OCc1nc2c(C)cccc2c(=O)[nH]1. The molecule has 0 radical (unpaired) electrons. The summed E-state index contributed by atoms with van der Waals surface area (Å²) in [6.07, 6.45) is 0. The first-order valence-corrected chi connectivity index (χ1v) is 10.2. The number of nitrogens with one attached hydrogen (secondary N) is 1. The molecule has 0 spiro atoms. The van der Waals surface area contributed by atoms with Crippen LogP contribution in [0.15, 0.2) is 47.3 Å². The van der Waals surface area contributed by atoms with Gasteiger partial charge >= 0.3 is 5.97 Å². The number of para-hydroxylation sites is 1. The van der Waals surface area contributed by atoms with Crippen molar-refractivity contribution in [2.24, 2.45) is 0 Å². The second-order valence-electron chi connectivity index (χ2n) is 7.06. The van der Waals surface area contributed by atoms with Crippen molar-refractivity contribution in [1.29, 1.82) is 0 Å². The summed E-state index contributed by atoms with van der Waals surface area (Å²) in [6, 6.07) is 12.7. The van der Waals surface area contributed by atoms with Crippen LogP contribution in [0.4, 0.5) is 0 Å². The number of hydrogen-bond acceptors (Lipinski definition) is 5. The average Bonchev–Trinajstić information content (AvgIpc) is 3.02. The second-order valence-corrected chi connectivity index (χ2v) is 7.83. The van der Waals surface area contributed by atoms with Gasteiger partial charge in [-0.05, 0) is 37.1 Å². The van der Waals surface area contributed by atoms with Crippen molar-refractivity contribution in [3.63, 3.8) is 0 Å². The van der Waals surface area contributed by atoms with Gasteiger partial charge in [-0.3, -0.25) is 4.79 Å². The molecular formula is C22H18Cl2N4O3. The number of hydrogen-bond donors (Lipinski definition) is 1. The molecule has 1 N–H and O–H groups in total. The molecule has 4 aromatic rings. The zero-order chi connectivity index (χ0) is 22.1. The first-order valence-electron chi connectivity index (χ1n) is 9.47. The largest absolute Gasteiger partial charge is 0.454 e. The van der Waals surface area contributed by atoms with Crippen LogP contribution in [-0.4, -0.2) is 25.7 Å². The fourth-order valence-corrected chi connectivity index (χ4v) is 3.81. The minimum absolute atomic E-state index is 0.151. The van der Waals surface area contributed by atoms with E-state index in [1.165, 1.54) is 4.68 Å². The molecular weight excluding hydrogens is 439 g/mol. The van der Waals surface area contributed by atoms with Gasteiger partial charge in [-0.1, -0.05) is 53.5 Å². The molecule has 0 saturated heterocycles. The lowest BCUT2D eigenvalue weighted by Crippen LogP contribution is -2.15. The third-order valence-corrected chi connectivity index (χ3v) is 5.63. The van der Waals surface area contributed by atoms with E-state index in [4.69, 9.17) is 27.9 Å². The number of benzene rings is 2. The van der Waals surface area contributed by atoms with Crippen LogP contribution in [-0.2, 0) is 17.9 Å². The van der Waals surface area contributed by atoms with Crippen molar-refractivity contribution >= 4 is 40.1 Å². The Kier molecular flexibility index (Phi) is 5.80. The molecule has 0 amide bonds. The highest BCUT2D eigenvalue weighted by molar-refractivity contribution is 6.33.